The van der Waals surface area contributed by atoms with Crippen molar-refractivity contribution in [3.63, 3.8) is 0 Å². The number of carbonyl (C=O) groups excluding carboxylic acids is 1. The first-order valence-electron chi connectivity index (χ1n) is 12.7. The Hall–Kier alpha value is -3.67. The average Bonchev–Trinajstić information content (AvgIpc) is 3.25. The van der Waals surface area contributed by atoms with E-state index in [4.69, 9.17) is 14.2 Å². The van der Waals surface area contributed by atoms with Gasteiger partial charge < -0.3 is 14.2 Å². The maximum absolute atomic E-state index is 15.0. The molecule has 0 unspecified atom stereocenters. The largest absolute Gasteiger partial charge is 0.497 e. The van der Waals surface area contributed by atoms with E-state index in [2.05, 4.69) is 31.0 Å². The Morgan fingerprint density at radius 3 is 2.59 bits per heavy atom. The third kappa shape index (κ3) is 6.37. The number of halogens is 1. The standard InChI is InChI=1S/C31H34FNO4/c1-5-36-30(34)13-9-21-14-16-33-29(18-21)37-20-22-8-11-24(26-19-23(35-4)10-12-28(26)32)25(17-22)27-7-6-15-31(27,2)3/h7-8,10-12,14,16-19H,5-6,9,13,15,20H2,1-4H3. The molecule has 1 aliphatic carbocycles. The molecule has 0 bridgehead atoms. The average molecular weight is 504 g/mol. The number of pyridine rings is 1. The lowest BCUT2D eigenvalue weighted by Crippen LogP contribution is -2.10. The molecule has 1 heterocycles. The maximum atomic E-state index is 15.0. The van der Waals surface area contributed by atoms with Crippen LogP contribution in [0.1, 0.15) is 56.7 Å². The Morgan fingerprint density at radius 2 is 1.86 bits per heavy atom. The van der Waals surface area contributed by atoms with Crippen LogP contribution in [0.3, 0.4) is 0 Å². The topological polar surface area (TPSA) is 57.7 Å². The molecule has 0 atom stereocenters. The smallest absolute Gasteiger partial charge is 0.306 e. The highest BCUT2D eigenvalue weighted by Crippen LogP contribution is 2.47. The van der Waals surface area contributed by atoms with Gasteiger partial charge in [-0.25, -0.2) is 9.37 Å². The Labute approximate surface area is 218 Å². The van der Waals surface area contributed by atoms with Gasteiger partial charge in [-0.15, -0.1) is 0 Å². The zero-order valence-electron chi connectivity index (χ0n) is 22.0. The molecule has 2 aromatic carbocycles. The van der Waals surface area contributed by atoms with Gasteiger partial charge in [-0.3, -0.25) is 4.79 Å². The van der Waals surface area contributed by atoms with E-state index in [-0.39, 0.29) is 17.2 Å². The normalized spacial score (nSPS) is 14.2. The highest BCUT2D eigenvalue weighted by molar-refractivity contribution is 5.85. The molecule has 6 heteroatoms. The van der Waals surface area contributed by atoms with E-state index >= 15 is 0 Å². The van der Waals surface area contributed by atoms with Gasteiger partial charge in [0.05, 0.1) is 13.7 Å². The van der Waals surface area contributed by atoms with Crippen LogP contribution in [0, 0.1) is 11.2 Å². The second-order valence-electron chi connectivity index (χ2n) is 9.86. The Balaban J connectivity index is 1.59. The molecule has 0 spiro atoms. The first kappa shape index (κ1) is 26.4. The van der Waals surface area contributed by atoms with Gasteiger partial charge in [0.1, 0.15) is 18.2 Å². The third-order valence-electron chi connectivity index (χ3n) is 6.79. The van der Waals surface area contributed by atoms with Crippen LogP contribution in [0.5, 0.6) is 11.6 Å². The van der Waals surface area contributed by atoms with E-state index in [0.717, 1.165) is 35.1 Å². The fraction of sp³-hybridized carbons (Fsp3) is 0.355. The summed E-state index contributed by atoms with van der Waals surface area (Å²) in [4.78, 5) is 16.0. The zero-order chi connectivity index (χ0) is 26.4. The number of carbonyl (C=O) groups is 1. The molecule has 0 saturated heterocycles. The van der Waals surface area contributed by atoms with Crippen LogP contribution in [0.25, 0.3) is 16.7 Å². The Kier molecular flexibility index (Phi) is 8.27. The molecule has 1 aliphatic rings. The monoisotopic (exact) mass is 503 g/mol. The molecule has 0 saturated carbocycles. The predicted molar refractivity (Wildman–Crippen MR) is 143 cm³/mol. The van der Waals surface area contributed by atoms with Crippen LogP contribution >= 0.6 is 0 Å². The lowest BCUT2D eigenvalue weighted by molar-refractivity contribution is -0.143. The summed E-state index contributed by atoms with van der Waals surface area (Å²) in [6.45, 7) is 6.95. The number of ether oxygens (including phenoxy) is 3. The van der Waals surface area contributed by atoms with Crippen molar-refractivity contribution in [2.75, 3.05) is 13.7 Å². The molecule has 1 aromatic heterocycles. The van der Waals surface area contributed by atoms with Gasteiger partial charge in [0.2, 0.25) is 5.88 Å². The van der Waals surface area contributed by atoms with Crippen LogP contribution in [-0.2, 0) is 22.6 Å². The lowest BCUT2D eigenvalue weighted by atomic mass is 9.79. The van der Waals surface area contributed by atoms with Gasteiger partial charge in [-0.1, -0.05) is 32.1 Å². The number of rotatable bonds is 10. The van der Waals surface area contributed by atoms with Crippen molar-refractivity contribution in [1.82, 2.24) is 4.98 Å². The first-order chi connectivity index (χ1) is 17.8. The number of nitrogens with zero attached hydrogens (tertiary/aromatic N) is 1. The number of allylic oxidation sites excluding steroid dienone is 2. The summed E-state index contributed by atoms with van der Waals surface area (Å²) in [5.41, 5.74) is 5.47. The summed E-state index contributed by atoms with van der Waals surface area (Å²) in [5.74, 6) is 0.604. The SMILES string of the molecule is CCOC(=O)CCc1ccnc(OCc2ccc(-c3cc(OC)ccc3F)c(C3=CCCC3(C)C)c2)c1. The molecule has 0 amide bonds. The number of aromatic nitrogens is 1. The van der Waals surface area contributed by atoms with E-state index in [0.29, 0.717) is 43.2 Å². The van der Waals surface area contributed by atoms with Crippen molar-refractivity contribution >= 4 is 11.5 Å². The minimum atomic E-state index is -0.286. The molecular weight excluding hydrogens is 469 g/mol. The zero-order valence-corrected chi connectivity index (χ0v) is 22.0. The number of hydrogen-bond donors (Lipinski definition) is 0. The van der Waals surface area contributed by atoms with Crippen LogP contribution in [0.4, 0.5) is 4.39 Å². The Bertz CT molecular complexity index is 1300. The number of benzene rings is 2. The molecule has 37 heavy (non-hydrogen) atoms. The van der Waals surface area contributed by atoms with Crippen molar-refractivity contribution in [3.8, 4) is 22.8 Å². The number of hydrogen-bond acceptors (Lipinski definition) is 5. The van der Waals surface area contributed by atoms with Gasteiger partial charge in [-0.2, -0.15) is 0 Å². The van der Waals surface area contributed by atoms with Gasteiger partial charge in [-0.05, 0) is 89.8 Å². The quantitative estimate of drug-likeness (QED) is 0.274. The summed E-state index contributed by atoms with van der Waals surface area (Å²) in [6.07, 6.45) is 6.86. The van der Waals surface area contributed by atoms with E-state index < -0.39 is 0 Å². The minimum absolute atomic E-state index is 0.0155. The van der Waals surface area contributed by atoms with Crippen molar-refractivity contribution in [2.45, 2.75) is 53.1 Å². The predicted octanol–water partition coefficient (Wildman–Crippen LogP) is 7.17. The van der Waals surface area contributed by atoms with E-state index in [1.807, 2.05) is 24.3 Å². The Morgan fingerprint density at radius 1 is 1.03 bits per heavy atom. The maximum Gasteiger partial charge on any atom is 0.306 e. The molecular formula is C31H34FNO4. The summed E-state index contributed by atoms with van der Waals surface area (Å²) < 4.78 is 31.4. The molecule has 0 fully saturated rings. The molecule has 4 rings (SSSR count). The second kappa shape index (κ2) is 11.6. The molecule has 0 N–H and O–H groups in total. The number of methoxy groups -OCH3 is 1. The second-order valence-corrected chi connectivity index (χ2v) is 9.86. The molecule has 5 nitrogen and oxygen atoms in total. The van der Waals surface area contributed by atoms with E-state index in [1.54, 1.807) is 32.4 Å². The van der Waals surface area contributed by atoms with Crippen molar-refractivity contribution in [3.05, 3.63) is 83.3 Å². The van der Waals surface area contributed by atoms with Crippen LogP contribution in [-0.4, -0.2) is 24.7 Å². The van der Waals surface area contributed by atoms with Gasteiger partial charge in [0.15, 0.2) is 0 Å². The summed E-state index contributed by atoms with van der Waals surface area (Å²) in [7, 11) is 1.58. The summed E-state index contributed by atoms with van der Waals surface area (Å²) >= 11 is 0. The molecule has 3 aromatic rings. The first-order valence-corrected chi connectivity index (χ1v) is 12.7. The van der Waals surface area contributed by atoms with Gasteiger partial charge in [0, 0.05) is 24.2 Å². The van der Waals surface area contributed by atoms with Crippen LogP contribution in [0.15, 0.2) is 60.8 Å². The fourth-order valence-electron chi connectivity index (χ4n) is 4.76. The van der Waals surface area contributed by atoms with Crippen molar-refractivity contribution in [2.24, 2.45) is 5.41 Å². The number of aryl methyl sites for hydroxylation is 1. The molecule has 194 valence electrons. The minimum Gasteiger partial charge on any atom is -0.497 e. The summed E-state index contributed by atoms with van der Waals surface area (Å²) in [6, 6.07) is 14.6. The number of esters is 1. The fourth-order valence-corrected chi connectivity index (χ4v) is 4.76. The van der Waals surface area contributed by atoms with Gasteiger partial charge in [0.25, 0.3) is 0 Å². The van der Waals surface area contributed by atoms with Crippen molar-refractivity contribution < 1.29 is 23.4 Å². The van der Waals surface area contributed by atoms with Crippen LogP contribution in [0.2, 0.25) is 0 Å². The highest BCUT2D eigenvalue weighted by Gasteiger charge is 2.30. The molecule has 0 aliphatic heterocycles. The third-order valence-corrected chi connectivity index (χ3v) is 6.79. The van der Waals surface area contributed by atoms with Gasteiger partial charge >= 0.3 is 5.97 Å². The summed E-state index contributed by atoms with van der Waals surface area (Å²) in [5, 5.41) is 0. The van der Waals surface area contributed by atoms with E-state index in [9.17, 15) is 9.18 Å². The van der Waals surface area contributed by atoms with Crippen LogP contribution < -0.4 is 9.47 Å². The lowest BCUT2D eigenvalue weighted by Gasteiger charge is -2.25. The molecule has 0 radical (unpaired) electrons. The highest BCUT2D eigenvalue weighted by atomic mass is 19.1. The van der Waals surface area contributed by atoms with Crippen molar-refractivity contribution in [1.29, 1.82) is 0 Å². The van der Waals surface area contributed by atoms with E-state index in [1.165, 1.54) is 11.6 Å².